The quantitative estimate of drug-likeness (QED) is 0.834. The molecule has 5 nitrogen and oxygen atoms in total. The number of hydrogen-bond donors (Lipinski definition) is 0. The third-order valence-corrected chi connectivity index (χ3v) is 4.74. The SMILES string of the molecule is Cc1cc(C)nc(N2CC3CC(C2)N3c2cccc(C(F)(F)F)n2)n1. The summed E-state index contributed by atoms with van der Waals surface area (Å²) < 4.78 is 38.7. The van der Waals surface area contributed by atoms with Crippen molar-refractivity contribution in [2.24, 2.45) is 0 Å². The number of nitrogens with zero attached hydrogens (tertiary/aromatic N) is 5. The van der Waals surface area contributed by atoms with Crippen LogP contribution in [0.5, 0.6) is 0 Å². The summed E-state index contributed by atoms with van der Waals surface area (Å²) in [4.78, 5) is 16.9. The lowest BCUT2D eigenvalue weighted by Crippen LogP contribution is -2.69. The van der Waals surface area contributed by atoms with E-state index < -0.39 is 11.9 Å². The second-order valence-corrected chi connectivity index (χ2v) is 6.69. The summed E-state index contributed by atoms with van der Waals surface area (Å²) in [7, 11) is 0. The van der Waals surface area contributed by atoms with Gasteiger partial charge in [0.15, 0.2) is 0 Å². The zero-order valence-electron chi connectivity index (χ0n) is 14.0. The number of alkyl halides is 3. The number of piperazine rings is 1. The molecule has 2 aromatic heterocycles. The molecule has 0 amide bonds. The van der Waals surface area contributed by atoms with Gasteiger partial charge in [-0.3, -0.25) is 0 Å². The van der Waals surface area contributed by atoms with Gasteiger partial charge in [0.2, 0.25) is 5.95 Å². The van der Waals surface area contributed by atoms with E-state index in [0.29, 0.717) is 24.9 Å². The Hall–Kier alpha value is -2.38. The molecule has 2 bridgehead atoms. The molecule has 132 valence electrons. The molecular weight excluding hydrogens is 331 g/mol. The van der Waals surface area contributed by atoms with E-state index in [0.717, 1.165) is 23.9 Å². The van der Waals surface area contributed by atoms with E-state index in [1.54, 1.807) is 6.07 Å². The predicted octanol–water partition coefficient (Wildman–Crippen LogP) is 2.97. The Morgan fingerprint density at radius 2 is 1.64 bits per heavy atom. The van der Waals surface area contributed by atoms with E-state index in [1.807, 2.05) is 24.8 Å². The molecule has 3 saturated heterocycles. The summed E-state index contributed by atoms with van der Waals surface area (Å²) in [6.45, 7) is 5.25. The minimum absolute atomic E-state index is 0.138. The largest absolute Gasteiger partial charge is 0.433 e. The number of aromatic nitrogens is 3. The van der Waals surface area contributed by atoms with Gasteiger partial charge in [-0.25, -0.2) is 15.0 Å². The molecule has 8 heteroatoms. The normalized spacial score (nSPS) is 22.8. The van der Waals surface area contributed by atoms with Crippen LogP contribution in [-0.4, -0.2) is 40.1 Å². The molecule has 25 heavy (non-hydrogen) atoms. The molecule has 0 spiro atoms. The Kier molecular flexibility index (Phi) is 3.59. The van der Waals surface area contributed by atoms with Gasteiger partial charge in [0.1, 0.15) is 11.5 Å². The number of piperidine rings is 1. The second-order valence-electron chi connectivity index (χ2n) is 6.69. The minimum Gasteiger partial charge on any atom is -0.347 e. The summed E-state index contributed by atoms with van der Waals surface area (Å²) >= 11 is 0. The van der Waals surface area contributed by atoms with Crippen LogP contribution < -0.4 is 9.80 Å². The van der Waals surface area contributed by atoms with E-state index in [9.17, 15) is 13.2 Å². The highest BCUT2D eigenvalue weighted by molar-refractivity contribution is 5.51. The fourth-order valence-electron chi connectivity index (χ4n) is 3.72. The van der Waals surface area contributed by atoms with Crippen LogP contribution in [0.1, 0.15) is 23.5 Å². The number of hydrogen-bond acceptors (Lipinski definition) is 5. The molecule has 0 saturated carbocycles. The summed E-state index contributed by atoms with van der Waals surface area (Å²) in [5.41, 5.74) is 0.987. The average molecular weight is 349 g/mol. The smallest absolute Gasteiger partial charge is 0.347 e. The maximum Gasteiger partial charge on any atom is 0.433 e. The van der Waals surface area contributed by atoms with Crippen molar-refractivity contribution in [3.05, 3.63) is 41.3 Å². The summed E-state index contributed by atoms with van der Waals surface area (Å²) in [6, 6.07) is 6.28. The van der Waals surface area contributed by atoms with Crippen molar-refractivity contribution >= 4 is 11.8 Å². The van der Waals surface area contributed by atoms with Crippen LogP contribution in [-0.2, 0) is 6.18 Å². The van der Waals surface area contributed by atoms with E-state index in [1.165, 1.54) is 6.07 Å². The van der Waals surface area contributed by atoms with Crippen molar-refractivity contribution in [3.8, 4) is 0 Å². The van der Waals surface area contributed by atoms with Crippen LogP contribution in [0.4, 0.5) is 24.9 Å². The maximum absolute atomic E-state index is 12.9. The van der Waals surface area contributed by atoms with Crippen LogP contribution >= 0.6 is 0 Å². The highest BCUT2D eigenvalue weighted by Crippen LogP contribution is 2.38. The van der Waals surface area contributed by atoms with Gasteiger partial charge in [-0.1, -0.05) is 6.07 Å². The average Bonchev–Trinajstić information content (AvgIpc) is 2.53. The predicted molar refractivity (Wildman–Crippen MR) is 87.6 cm³/mol. The highest BCUT2D eigenvalue weighted by atomic mass is 19.4. The van der Waals surface area contributed by atoms with E-state index in [4.69, 9.17) is 0 Å². The third-order valence-electron chi connectivity index (χ3n) is 4.74. The molecule has 3 aliphatic heterocycles. The first-order valence-electron chi connectivity index (χ1n) is 8.21. The molecule has 2 atom stereocenters. The summed E-state index contributed by atoms with van der Waals surface area (Å²) in [5, 5.41) is 0. The molecule has 0 radical (unpaired) electrons. The number of aryl methyl sites for hydroxylation is 2. The fraction of sp³-hybridized carbons (Fsp3) is 0.471. The minimum atomic E-state index is -4.42. The van der Waals surface area contributed by atoms with Crippen LogP contribution in [0.15, 0.2) is 24.3 Å². The molecule has 2 aromatic rings. The Bertz CT molecular complexity index is 775. The van der Waals surface area contributed by atoms with Gasteiger partial charge in [0.25, 0.3) is 0 Å². The zero-order valence-corrected chi connectivity index (χ0v) is 14.0. The molecule has 3 aliphatic rings. The Morgan fingerprint density at radius 3 is 2.24 bits per heavy atom. The first-order chi connectivity index (χ1) is 11.8. The molecule has 5 rings (SSSR count). The number of rotatable bonds is 2. The molecule has 0 N–H and O–H groups in total. The van der Waals surface area contributed by atoms with Crippen molar-refractivity contribution in [2.75, 3.05) is 22.9 Å². The second kappa shape index (κ2) is 5.57. The number of fused-ring (bicyclic) bond motifs is 2. The first-order valence-corrected chi connectivity index (χ1v) is 8.21. The van der Waals surface area contributed by atoms with Crippen LogP contribution in [0.2, 0.25) is 0 Å². The Balaban J connectivity index is 1.54. The van der Waals surface area contributed by atoms with Crippen LogP contribution in [0.25, 0.3) is 0 Å². The van der Waals surface area contributed by atoms with Crippen LogP contribution in [0.3, 0.4) is 0 Å². The first kappa shape index (κ1) is 16.1. The van der Waals surface area contributed by atoms with Gasteiger partial charge in [-0.05, 0) is 38.5 Å². The van der Waals surface area contributed by atoms with E-state index >= 15 is 0 Å². The van der Waals surface area contributed by atoms with Gasteiger partial charge in [0.05, 0.1) is 12.1 Å². The van der Waals surface area contributed by atoms with E-state index in [-0.39, 0.29) is 12.1 Å². The van der Waals surface area contributed by atoms with Gasteiger partial charge in [-0.2, -0.15) is 13.2 Å². The standard InChI is InChI=1S/C17H18F3N5/c1-10-6-11(2)22-16(21-10)24-8-12-7-13(9-24)25(12)15-5-3-4-14(23-15)17(18,19)20/h3-6,12-13H,7-9H2,1-2H3. The summed E-state index contributed by atoms with van der Waals surface area (Å²) in [5.74, 6) is 1.10. The molecule has 0 aromatic carbocycles. The van der Waals surface area contributed by atoms with Gasteiger partial charge in [-0.15, -0.1) is 0 Å². The van der Waals surface area contributed by atoms with Gasteiger partial charge in [0, 0.05) is 24.5 Å². The summed E-state index contributed by atoms with van der Waals surface area (Å²) in [6.07, 6.45) is -3.46. The Labute approximate surface area is 143 Å². The monoisotopic (exact) mass is 349 g/mol. The van der Waals surface area contributed by atoms with Crippen molar-refractivity contribution in [1.29, 1.82) is 0 Å². The molecule has 2 unspecified atom stereocenters. The van der Waals surface area contributed by atoms with Crippen molar-refractivity contribution < 1.29 is 13.2 Å². The highest BCUT2D eigenvalue weighted by Gasteiger charge is 2.46. The maximum atomic E-state index is 12.9. The van der Waals surface area contributed by atoms with Gasteiger partial charge < -0.3 is 9.80 Å². The number of halogens is 3. The molecule has 5 heterocycles. The number of anilines is 2. The molecular formula is C17H18F3N5. The lowest BCUT2D eigenvalue weighted by molar-refractivity contribution is -0.141. The fourth-order valence-corrected chi connectivity index (χ4v) is 3.72. The topological polar surface area (TPSA) is 45.2 Å². The van der Waals surface area contributed by atoms with Crippen LogP contribution in [0, 0.1) is 13.8 Å². The molecule has 0 aliphatic carbocycles. The zero-order chi connectivity index (χ0) is 17.8. The lowest BCUT2D eigenvalue weighted by Gasteiger charge is -2.57. The van der Waals surface area contributed by atoms with Crippen molar-refractivity contribution in [3.63, 3.8) is 0 Å². The number of pyridine rings is 1. The van der Waals surface area contributed by atoms with Gasteiger partial charge >= 0.3 is 6.18 Å². The van der Waals surface area contributed by atoms with Crippen molar-refractivity contribution in [2.45, 2.75) is 38.5 Å². The Morgan fingerprint density at radius 1 is 1.00 bits per heavy atom. The van der Waals surface area contributed by atoms with Crippen molar-refractivity contribution in [1.82, 2.24) is 15.0 Å². The van der Waals surface area contributed by atoms with E-state index in [2.05, 4.69) is 19.9 Å². The lowest BCUT2D eigenvalue weighted by atomic mass is 9.87. The third kappa shape index (κ3) is 2.89. The molecule has 3 fully saturated rings.